The third-order valence-corrected chi connectivity index (χ3v) is 4.97. The Balaban J connectivity index is 1.90. The largest absolute Gasteiger partial charge is 0.416 e. The molecule has 0 aliphatic carbocycles. The monoisotopic (exact) mass is 406 g/mol. The van der Waals surface area contributed by atoms with Crippen molar-refractivity contribution in [2.24, 2.45) is 0 Å². The predicted molar refractivity (Wildman–Crippen MR) is 91.3 cm³/mol. The van der Waals surface area contributed by atoms with E-state index in [0.717, 1.165) is 12.1 Å². The summed E-state index contributed by atoms with van der Waals surface area (Å²) in [7, 11) is -3.81. The van der Waals surface area contributed by atoms with Crippen LogP contribution in [0.5, 0.6) is 0 Å². The maximum atomic E-state index is 12.6. The number of alkyl halides is 3. The van der Waals surface area contributed by atoms with Crippen molar-refractivity contribution in [2.75, 3.05) is 11.9 Å². The van der Waals surface area contributed by atoms with Crippen molar-refractivity contribution in [1.29, 1.82) is 0 Å². The minimum absolute atomic E-state index is 0.0137. The van der Waals surface area contributed by atoms with E-state index >= 15 is 0 Å². The van der Waals surface area contributed by atoms with Crippen molar-refractivity contribution in [3.8, 4) is 0 Å². The zero-order chi connectivity index (χ0) is 19.4. The highest BCUT2D eigenvalue weighted by molar-refractivity contribution is 7.89. The number of hydrogen-bond acceptors (Lipinski definition) is 3. The second-order valence-electron chi connectivity index (χ2n) is 5.23. The molecular weight excluding hydrogens is 393 g/mol. The average Bonchev–Trinajstić information content (AvgIpc) is 2.54. The number of carbonyl (C=O) groups is 1. The number of carbonyl (C=O) groups excluding carboxylic acids is 1. The summed E-state index contributed by atoms with van der Waals surface area (Å²) in [6.07, 6.45) is -4.77. The first-order valence-corrected chi connectivity index (χ1v) is 9.16. The molecule has 2 N–H and O–H groups in total. The van der Waals surface area contributed by atoms with Gasteiger partial charge < -0.3 is 5.32 Å². The maximum Gasteiger partial charge on any atom is 0.416 e. The van der Waals surface area contributed by atoms with Gasteiger partial charge in [0.15, 0.2) is 0 Å². The van der Waals surface area contributed by atoms with Crippen LogP contribution in [-0.2, 0) is 21.0 Å². The molecule has 0 aromatic heterocycles. The summed E-state index contributed by atoms with van der Waals surface area (Å²) >= 11 is 5.69. The van der Waals surface area contributed by atoms with E-state index in [1.807, 2.05) is 0 Å². The van der Waals surface area contributed by atoms with E-state index in [2.05, 4.69) is 10.0 Å². The first-order valence-electron chi connectivity index (χ1n) is 7.30. The number of benzene rings is 2. The molecule has 0 spiro atoms. The number of amides is 1. The van der Waals surface area contributed by atoms with E-state index in [4.69, 9.17) is 11.6 Å². The van der Waals surface area contributed by atoms with Crippen LogP contribution in [0.2, 0.25) is 5.02 Å². The average molecular weight is 407 g/mol. The molecule has 0 unspecified atom stereocenters. The number of nitrogens with one attached hydrogen (secondary N) is 2. The summed E-state index contributed by atoms with van der Waals surface area (Å²) in [6, 6.07) is 9.62. The second kappa shape index (κ2) is 8.07. The Morgan fingerprint density at radius 3 is 2.35 bits per heavy atom. The smallest absolute Gasteiger partial charge is 0.326 e. The quantitative estimate of drug-likeness (QED) is 0.768. The SMILES string of the molecule is O=C(CCNS(=O)(=O)c1ccc(Cl)cc1)Nc1cccc(C(F)(F)F)c1. The zero-order valence-corrected chi connectivity index (χ0v) is 14.8. The van der Waals surface area contributed by atoms with Gasteiger partial charge in [0.2, 0.25) is 15.9 Å². The topological polar surface area (TPSA) is 75.3 Å². The Morgan fingerprint density at radius 1 is 1.08 bits per heavy atom. The van der Waals surface area contributed by atoms with Crippen molar-refractivity contribution in [2.45, 2.75) is 17.5 Å². The van der Waals surface area contributed by atoms with Crippen molar-refractivity contribution < 1.29 is 26.4 Å². The molecule has 1 amide bonds. The minimum Gasteiger partial charge on any atom is -0.326 e. The molecule has 10 heteroatoms. The molecule has 5 nitrogen and oxygen atoms in total. The second-order valence-corrected chi connectivity index (χ2v) is 7.43. The molecule has 2 aromatic carbocycles. The normalized spacial score (nSPS) is 12.0. The van der Waals surface area contributed by atoms with Crippen LogP contribution in [0.4, 0.5) is 18.9 Å². The molecule has 0 aliphatic heterocycles. The Bertz CT molecular complexity index is 884. The summed E-state index contributed by atoms with van der Waals surface area (Å²) in [5.74, 6) is -0.622. The lowest BCUT2D eigenvalue weighted by molar-refractivity contribution is -0.137. The fourth-order valence-corrected chi connectivity index (χ4v) is 3.15. The van der Waals surface area contributed by atoms with Gasteiger partial charge in [-0.25, -0.2) is 13.1 Å². The molecule has 0 heterocycles. The van der Waals surface area contributed by atoms with Gasteiger partial charge in [0, 0.05) is 23.7 Å². The maximum absolute atomic E-state index is 12.6. The summed E-state index contributed by atoms with van der Waals surface area (Å²) in [4.78, 5) is 11.8. The van der Waals surface area contributed by atoms with Crippen LogP contribution in [0.15, 0.2) is 53.4 Å². The lowest BCUT2D eigenvalue weighted by atomic mass is 10.2. The van der Waals surface area contributed by atoms with E-state index < -0.39 is 27.7 Å². The predicted octanol–water partition coefficient (Wildman–Crippen LogP) is 3.67. The standard InChI is InChI=1S/C16H14ClF3N2O3S/c17-12-4-6-14(7-5-12)26(24,25)21-9-8-15(23)22-13-3-1-2-11(10-13)16(18,19)20/h1-7,10,21H,8-9H2,(H,22,23). The van der Waals surface area contributed by atoms with Gasteiger partial charge in [-0.2, -0.15) is 13.2 Å². The van der Waals surface area contributed by atoms with Gasteiger partial charge in [-0.3, -0.25) is 4.79 Å². The van der Waals surface area contributed by atoms with E-state index in [-0.39, 0.29) is 23.5 Å². The highest BCUT2D eigenvalue weighted by atomic mass is 35.5. The number of sulfonamides is 1. The molecule has 0 radical (unpaired) electrons. The minimum atomic E-state index is -4.52. The lowest BCUT2D eigenvalue weighted by Gasteiger charge is -2.10. The van der Waals surface area contributed by atoms with Gasteiger partial charge >= 0.3 is 6.18 Å². The van der Waals surface area contributed by atoms with Crippen molar-refractivity contribution >= 4 is 33.2 Å². The van der Waals surface area contributed by atoms with Crippen LogP contribution in [-0.4, -0.2) is 20.9 Å². The molecule has 0 bridgehead atoms. The van der Waals surface area contributed by atoms with Gasteiger partial charge in [-0.05, 0) is 42.5 Å². The van der Waals surface area contributed by atoms with E-state index in [1.165, 1.54) is 36.4 Å². The molecule has 0 aliphatic rings. The molecule has 2 aromatic rings. The Labute approximate surface area is 153 Å². The molecule has 0 saturated heterocycles. The molecule has 0 fully saturated rings. The lowest BCUT2D eigenvalue weighted by Crippen LogP contribution is -2.27. The van der Waals surface area contributed by atoms with Crippen LogP contribution < -0.4 is 10.0 Å². The molecule has 26 heavy (non-hydrogen) atoms. The Hall–Kier alpha value is -2.10. The van der Waals surface area contributed by atoms with E-state index in [0.29, 0.717) is 5.02 Å². The van der Waals surface area contributed by atoms with E-state index in [9.17, 15) is 26.4 Å². The number of anilines is 1. The van der Waals surface area contributed by atoms with Crippen LogP contribution in [0, 0.1) is 0 Å². The van der Waals surface area contributed by atoms with Crippen LogP contribution in [0.3, 0.4) is 0 Å². The highest BCUT2D eigenvalue weighted by Gasteiger charge is 2.30. The molecular formula is C16H14ClF3N2O3S. The van der Waals surface area contributed by atoms with Crippen LogP contribution in [0.25, 0.3) is 0 Å². The van der Waals surface area contributed by atoms with Crippen molar-refractivity contribution in [3.63, 3.8) is 0 Å². The van der Waals surface area contributed by atoms with Gasteiger partial charge in [0.25, 0.3) is 0 Å². The molecule has 2 rings (SSSR count). The van der Waals surface area contributed by atoms with Gasteiger partial charge in [0.05, 0.1) is 10.5 Å². The molecule has 0 atom stereocenters. The van der Waals surface area contributed by atoms with Crippen molar-refractivity contribution in [1.82, 2.24) is 4.72 Å². The van der Waals surface area contributed by atoms with Crippen LogP contribution in [0.1, 0.15) is 12.0 Å². The Morgan fingerprint density at radius 2 is 1.73 bits per heavy atom. The Kier molecular flexibility index (Phi) is 6.27. The van der Waals surface area contributed by atoms with Crippen LogP contribution >= 0.6 is 11.6 Å². The third-order valence-electron chi connectivity index (χ3n) is 3.24. The fourth-order valence-electron chi connectivity index (χ4n) is 1.99. The summed E-state index contributed by atoms with van der Waals surface area (Å²) < 4.78 is 64.2. The van der Waals surface area contributed by atoms with Gasteiger partial charge in [-0.15, -0.1) is 0 Å². The summed E-state index contributed by atoms with van der Waals surface area (Å²) in [5.41, 5.74) is -0.913. The fraction of sp³-hybridized carbons (Fsp3) is 0.188. The first-order chi connectivity index (χ1) is 12.1. The van der Waals surface area contributed by atoms with Crippen molar-refractivity contribution in [3.05, 3.63) is 59.1 Å². The van der Waals surface area contributed by atoms with Gasteiger partial charge in [-0.1, -0.05) is 17.7 Å². The zero-order valence-electron chi connectivity index (χ0n) is 13.2. The first kappa shape index (κ1) is 20.2. The van der Waals surface area contributed by atoms with E-state index in [1.54, 1.807) is 0 Å². The highest BCUT2D eigenvalue weighted by Crippen LogP contribution is 2.30. The molecule has 0 saturated carbocycles. The number of hydrogen-bond donors (Lipinski definition) is 2. The number of halogens is 4. The molecule has 140 valence electrons. The summed E-state index contributed by atoms with van der Waals surface area (Å²) in [5, 5.41) is 2.68. The summed E-state index contributed by atoms with van der Waals surface area (Å²) in [6.45, 7) is -0.213. The third kappa shape index (κ3) is 5.72. The van der Waals surface area contributed by atoms with Gasteiger partial charge in [0.1, 0.15) is 0 Å². The number of rotatable bonds is 6.